The number of sulfone groups is 1. The van der Waals surface area contributed by atoms with Crippen LogP contribution in [0.25, 0.3) is 11.1 Å². The fourth-order valence-electron chi connectivity index (χ4n) is 4.82. The third-order valence-corrected chi connectivity index (χ3v) is 7.58. The number of benzene rings is 2. The van der Waals surface area contributed by atoms with Crippen LogP contribution in [-0.2, 0) is 20.2 Å². The predicted octanol–water partition coefficient (Wildman–Crippen LogP) is 5.11. The van der Waals surface area contributed by atoms with Crippen molar-refractivity contribution >= 4 is 15.9 Å². The van der Waals surface area contributed by atoms with Crippen molar-refractivity contribution in [3.05, 3.63) is 84.1 Å². The van der Waals surface area contributed by atoms with Crippen molar-refractivity contribution in [3.63, 3.8) is 0 Å². The van der Waals surface area contributed by atoms with Gasteiger partial charge in [0, 0.05) is 31.8 Å². The summed E-state index contributed by atoms with van der Waals surface area (Å²) in [7, 11) is -3.40. The highest BCUT2D eigenvalue weighted by atomic mass is 32.2. The Hall–Kier alpha value is -3.23. The van der Waals surface area contributed by atoms with Crippen LogP contribution in [0.5, 0.6) is 0 Å². The van der Waals surface area contributed by atoms with Gasteiger partial charge in [0.15, 0.2) is 14.9 Å². The number of nitrogens with zero attached hydrogens (tertiary/aromatic N) is 2. The molecule has 36 heavy (non-hydrogen) atoms. The molecule has 1 amide bonds. The van der Waals surface area contributed by atoms with E-state index < -0.39 is 27.1 Å². The average molecular weight is 509 g/mol. The summed E-state index contributed by atoms with van der Waals surface area (Å²) < 4.78 is 29.8. The number of cyclic esters (lactones) is 1. The van der Waals surface area contributed by atoms with Gasteiger partial charge >= 0.3 is 6.09 Å². The topological polar surface area (TPSA) is 96.8 Å². The Bertz CT molecular complexity index is 1330. The van der Waals surface area contributed by atoms with Gasteiger partial charge in [-0.2, -0.15) is 0 Å². The van der Waals surface area contributed by atoms with Gasteiger partial charge in [0.25, 0.3) is 0 Å². The van der Waals surface area contributed by atoms with Crippen LogP contribution in [0.15, 0.2) is 78.0 Å². The second kappa shape index (κ2) is 9.67. The molecule has 1 saturated heterocycles. The van der Waals surface area contributed by atoms with Crippen LogP contribution in [0, 0.1) is 0 Å². The maximum Gasteiger partial charge on any atom is 0.411 e. The van der Waals surface area contributed by atoms with E-state index in [-0.39, 0.29) is 11.1 Å². The Labute approximate surface area is 212 Å². The van der Waals surface area contributed by atoms with E-state index in [9.17, 15) is 18.3 Å². The molecule has 1 aromatic heterocycles. The summed E-state index contributed by atoms with van der Waals surface area (Å²) in [5.74, 6) is 0. The van der Waals surface area contributed by atoms with Crippen LogP contribution in [0.2, 0.25) is 0 Å². The van der Waals surface area contributed by atoms with Crippen molar-refractivity contribution in [2.24, 2.45) is 0 Å². The van der Waals surface area contributed by atoms with E-state index in [0.717, 1.165) is 28.5 Å². The van der Waals surface area contributed by atoms with Crippen LogP contribution < -0.4 is 0 Å². The molecule has 1 aliphatic heterocycles. The van der Waals surface area contributed by atoms with Crippen molar-refractivity contribution in [3.8, 4) is 11.1 Å². The third-order valence-electron chi connectivity index (χ3n) is 6.60. The van der Waals surface area contributed by atoms with Crippen LogP contribution >= 0.6 is 0 Å². The highest BCUT2D eigenvalue weighted by Gasteiger charge is 2.46. The number of ether oxygens (including phenoxy) is 1. The van der Waals surface area contributed by atoms with Crippen molar-refractivity contribution in [2.45, 2.75) is 55.9 Å². The fourth-order valence-corrected chi connectivity index (χ4v) is 5.41. The second-order valence-electron chi connectivity index (χ2n) is 10.1. The Morgan fingerprint density at radius 1 is 1.08 bits per heavy atom. The van der Waals surface area contributed by atoms with E-state index >= 15 is 0 Å². The number of hydrogen-bond acceptors (Lipinski definition) is 6. The zero-order chi connectivity index (χ0) is 26.1. The number of pyridine rings is 1. The van der Waals surface area contributed by atoms with Gasteiger partial charge in [-0.1, -0.05) is 54.6 Å². The van der Waals surface area contributed by atoms with E-state index in [0.29, 0.717) is 19.4 Å². The quantitative estimate of drug-likeness (QED) is 0.476. The first kappa shape index (κ1) is 25.9. The summed E-state index contributed by atoms with van der Waals surface area (Å²) in [6.45, 7) is 5.89. The molecule has 190 valence electrons. The first-order valence-electron chi connectivity index (χ1n) is 11.9. The lowest BCUT2D eigenvalue weighted by molar-refractivity contribution is -0.101. The van der Waals surface area contributed by atoms with Gasteiger partial charge in [0.2, 0.25) is 0 Å². The summed E-state index contributed by atoms with van der Waals surface area (Å²) in [4.78, 5) is 18.9. The molecular formula is C28H32N2O5S. The molecule has 1 unspecified atom stereocenters. The van der Waals surface area contributed by atoms with E-state index in [2.05, 4.69) is 4.98 Å². The predicted molar refractivity (Wildman–Crippen MR) is 138 cm³/mol. The second-order valence-corrected chi connectivity index (χ2v) is 12.1. The van der Waals surface area contributed by atoms with E-state index in [1.165, 1.54) is 6.20 Å². The summed E-state index contributed by atoms with van der Waals surface area (Å²) in [6.07, 6.45) is 3.06. The number of aromatic nitrogens is 1. The Kier molecular flexibility index (Phi) is 6.94. The highest BCUT2D eigenvalue weighted by molar-refractivity contribution is 7.90. The fraction of sp³-hybridized carbons (Fsp3) is 0.357. The molecule has 0 spiro atoms. The summed E-state index contributed by atoms with van der Waals surface area (Å²) >= 11 is 0. The standard InChI is InChI=1S/C28H32N2O5S/c1-20(21-10-12-22(13-11-21)23-14-16-29-25(18-23)36(4,33)34)30-17-15-28(35-26(30)31,19-27(2,3)32)24-8-6-5-7-9-24/h5-14,16,18,20,32H,15,17,19H2,1-4H3/t20-,28?/m0/s1. The molecule has 2 aromatic carbocycles. The van der Waals surface area contributed by atoms with Crippen LogP contribution in [0.3, 0.4) is 0 Å². The zero-order valence-corrected chi connectivity index (χ0v) is 21.8. The molecule has 2 heterocycles. The monoisotopic (exact) mass is 508 g/mol. The molecule has 0 aliphatic carbocycles. The van der Waals surface area contributed by atoms with E-state index in [1.54, 1.807) is 30.9 Å². The van der Waals surface area contributed by atoms with Gasteiger partial charge < -0.3 is 14.7 Å². The number of carbonyl (C=O) groups excluding carboxylic acids is 1. The minimum absolute atomic E-state index is 0.0291. The van der Waals surface area contributed by atoms with Gasteiger partial charge in [-0.05, 0) is 55.2 Å². The van der Waals surface area contributed by atoms with Gasteiger partial charge in [0.1, 0.15) is 5.60 Å². The molecule has 1 fully saturated rings. The SMILES string of the molecule is C[C@@H](c1ccc(-c2ccnc(S(C)(=O)=O)c2)cc1)N1CCC(CC(C)(C)O)(c2ccccc2)OC1=O. The summed E-state index contributed by atoms with van der Waals surface area (Å²) in [6, 6.07) is 20.4. The maximum absolute atomic E-state index is 13.3. The van der Waals surface area contributed by atoms with Crippen molar-refractivity contribution < 1.29 is 23.1 Å². The minimum Gasteiger partial charge on any atom is -0.438 e. The minimum atomic E-state index is -3.40. The molecule has 7 nitrogen and oxygen atoms in total. The van der Waals surface area contributed by atoms with Crippen molar-refractivity contribution in [2.75, 3.05) is 12.8 Å². The maximum atomic E-state index is 13.3. The molecule has 0 bridgehead atoms. The molecule has 4 rings (SSSR count). The smallest absolute Gasteiger partial charge is 0.411 e. The summed E-state index contributed by atoms with van der Waals surface area (Å²) in [5.41, 5.74) is 1.51. The first-order chi connectivity index (χ1) is 16.9. The van der Waals surface area contributed by atoms with E-state index in [1.807, 2.05) is 61.5 Å². The van der Waals surface area contributed by atoms with Gasteiger partial charge in [0.05, 0.1) is 11.6 Å². The lowest BCUT2D eigenvalue weighted by Crippen LogP contribution is -2.51. The molecule has 0 radical (unpaired) electrons. The molecular weight excluding hydrogens is 476 g/mol. The van der Waals surface area contributed by atoms with Crippen LogP contribution in [0.1, 0.15) is 50.8 Å². The lowest BCUT2D eigenvalue weighted by Gasteiger charge is -2.45. The molecule has 3 aromatic rings. The van der Waals surface area contributed by atoms with Crippen LogP contribution in [-0.4, -0.2) is 47.9 Å². The molecule has 1 aliphatic rings. The number of amides is 1. The first-order valence-corrected chi connectivity index (χ1v) is 13.8. The number of rotatable bonds is 7. The largest absolute Gasteiger partial charge is 0.438 e. The lowest BCUT2D eigenvalue weighted by atomic mass is 9.80. The normalized spacial score (nSPS) is 19.6. The van der Waals surface area contributed by atoms with Crippen molar-refractivity contribution in [1.82, 2.24) is 9.88 Å². The average Bonchev–Trinajstić information content (AvgIpc) is 2.83. The molecule has 8 heteroatoms. The van der Waals surface area contributed by atoms with Gasteiger partial charge in [-0.15, -0.1) is 0 Å². The molecule has 2 atom stereocenters. The van der Waals surface area contributed by atoms with Crippen molar-refractivity contribution in [1.29, 1.82) is 0 Å². The number of aliphatic hydroxyl groups is 1. The Morgan fingerprint density at radius 3 is 2.33 bits per heavy atom. The highest BCUT2D eigenvalue weighted by Crippen LogP contribution is 2.42. The Balaban J connectivity index is 1.54. The molecule has 1 N–H and O–H groups in total. The Morgan fingerprint density at radius 2 is 1.75 bits per heavy atom. The molecule has 0 saturated carbocycles. The van der Waals surface area contributed by atoms with E-state index in [4.69, 9.17) is 4.74 Å². The van der Waals surface area contributed by atoms with Gasteiger partial charge in [-0.25, -0.2) is 18.2 Å². The zero-order valence-electron chi connectivity index (χ0n) is 21.0. The van der Waals surface area contributed by atoms with Gasteiger partial charge in [-0.3, -0.25) is 0 Å². The number of carbonyl (C=O) groups is 1. The van der Waals surface area contributed by atoms with Crippen LogP contribution in [0.4, 0.5) is 4.79 Å². The third kappa shape index (κ3) is 5.60. The number of hydrogen-bond donors (Lipinski definition) is 1. The summed E-state index contributed by atoms with van der Waals surface area (Å²) in [5, 5.41) is 10.6.